The fraction of sp³-hybridized carbons (Fsp3) is 0.0769. The van der Waals surface area contributed by atoms with Crippen LogP contribution in [0.25, 0.3) is 22.5 Å². The van der Waals surface area contributed by atoms with E-state index in [4.69, 9.17) is 11.6 Å². The molecule has 0 saturated heterocycles. The lowest BCUT2D eigenvalue weighted by Crippen LogP contribution is -2.12. The summed E-state index contributed by atoms with van der Waals surface area (Å²) >= 11 is 6.03. The number of phenolic OH excluding ortho intramolecular Hbond substituents is 1. The van der Waals surface area contributed by atoms with E-state index in [0.717, 1.165) is 16.7 Å². The van der Waals surface area contributed by atoms with Crippen LogP contribution < -0.4 is 5.32 Å². The molecule has 0 unspecified atom stereocenters. The molecule has 0 atom stereocenters. The van der Waals surface area contributed by atoms with Crippen LogP contribution in [0.4, 0.5) is 10.7 Å². The zero-order valence-corrected chi connectivity index (χ0v) is 18.8. The van der Waals surface area contributed by atoms with Gasteiger partial charge in [-0.3, -0.25) is 5.32 Å². The highest BCUT2D eigenvalue weighted by molar-refractivity contribution is 6.30. The third-order valence-electron chi connectivity index (χ3n) is 4.97. The summed E-state index contributed by atoms with van der Waals surface area (Å²) in [6, 6.07) is 23.0. The Balaban J connectivity index is 1.69. The average molecular weight is 457 g/mol. The second kappa shape index (κ2) is 9.63. The van der Waals surface area contributed by atoms with Gasteiger partial charge in [-0.25, -0.2) is 14.8 Å². The van der Waals surface area contributed by atoms with Crippen LogP contribution in [0.15, 0.2) is 83.9 Å². The van der Waals surface area contributed by atoms with E-state index in [1.54, 1.807) is 43.3 Å². The summed E-state index contributed by atoms with van der Waals surface area (Å²) in [5.41, 5.74) is 5.27. The summed E-state index contributed by atoms with van der Waals surface area (Å²) in [7, 11) is 0. The van der Waals surface area contributed by atoms with Gasteiger partial charge in [0.1, 0.15) is 5.75 Å². The van der Waals surface area contributed by atoms with Gasteiger partial charge in [0, 0.05) is 16.1 Å². The van der Waals surface area contributed by atoms with E-state index < -0.39 is 6.03 Å². The Morgan fingerprint density at radius 1 is 0.909 bits per heavy atom. The first-order valence-electron chi connectivity index (χ1n) is 10.2. The maximum absolute atomic E-state index is 12.6. The average Bonchev–Trinajstić information content (AvgIpc) is 2.79. The molecule has 33 heavy (non-hydrogen) atoms. The molecule has 0 aliphatic carbocycles. The van der Waals surface area contributed by atoms with Crippen molar-refractivity contribution < 1.29 is 9.90 Å². The molecular formula is C26H21ClN4O2. The first-order chi connectivity index (χ1) is 15.9. The van der Waals surface area contributed by atoms with Gasteiger partial charge in [0.2, 0.25) is 5.95 Å². The number of phenols is 1. The lowest BCUT2D eigenvalue weighted by atomic mass is 10.1. The lowest BCUT2D eigenvalue weighted by molar-refractivity contribution is 0.259. The number of nitrogens with zero attached hydrogens (tertiary/aromatic N) is 3. The predicted molar refractivity (Wildman–Crippen MR) is 132 cm³/mol. The van der Waals surface area contributed by atoms with Gasteiger partial charge in [-0.1, -0.05) is 65.7 Å². The minimum absolute atomic E-state index is 0.101. The molecule has 6 nitrogen and oxygen atoms in total. The van der Waals surface area contributed by atoms with E-state index in [1.807, 2.05) is 49.4 Å². The fourth-order valence-corrected chi connectivity index (χ4v) is 3.34. The number of rotatable bonds is 4. The van der Waals surface area contributed by atoms with E-state index in [9.17, 15) is 9.90 Å². The summed E-state index contributed by atoms with van der Waals surface area (Å²) in [5.74, 6) is 0.236. The summed E-state index contributed by atoms with van der Waals surface area (Å²) < 4.78 is 0. The number of hydrogen-bond acceptors (Lipinski definition) is 4. The van der Waals surface area contributed by atoms with E-state index in [1.165, 1.54) is 0 Å². The molecule has 0 fully saturated rings. The van der Waals surface area contributed by atoms with Crippen LogP contribution >= 0.6 is 11.6 Å². The third kappa shape index (κ3) is 5.61. The monoisotopic (exact) mass is 456 g/mol. The molecule has 4 rings (SSSR count). The SMILES string of the molecule is C/C(=N/C(=O)Nc1nc(-c2ccc(C)cc2)cc(-c2ccc(Cl)cc2)n1)c1cccc(O)c1. The van der Waals surface area contributed by atoms with Crippen molar-refractivity contribution in [3.8, 4) is 28.3 Å². The fourth-order valence-electron chi connectivity index (χ4n) is 3.22. The number of aliphatic imine (C=N–C) groups is 1. The highest BCUT2D eigenvalue weighted by Crippen LogP contribution is 2.26. The molecule has 164 valence electrons. The summed E-state index contributed by atoms with van der Waals surface area (Å²) in [4.78, 5) is 25.7. The molecular weight excluding hydrogens is 436 g/mol. The van der Waals surface area contributed by atoms with Crippen LogP contribution in [0.3, 0.4) is 0 Å². The maximum Gasteiger partial charge on any atom is 0.347 e. The normalized spacial score (nSPS) is 11.3. The van der Waals surface area contributed by atoms with Gasteiger partial charge in [-0.15, -0.1) is 0 Å². The molecule has 0 aliphatic rings. The molecule has 2 N–H and O–H groups in total. The van der Waals surface area contributed by atoms with Crippen LogP contribution in [0.5, 0.6) is 5.75 Å². The largest absolute Gasteiger partial charge is 0.508 e. The Kier molecular flexibility index (Phi) is 6.47. The molecule has 4 aromatic rings. The zero-order chi connectivity index (χ0) is 23.4. The first-order valence-corrected chi connectivity index (χ1v) is 10.6. The van der Waals surface area contributed by atoms with Gasteiger partial charge in [-0.2, -0.15) is 4.99 Å². The van der Waals surface area contributed by atoms with Crippen LogP contribution in [0.1, 0.15) is 18.1 Å². The van der Waals surface area contributed by atoms with Gasteiger partial charge in [0.05, 0.1) is 17.1 Å². The highest BCUT2D eigenvalue weighted by Gasteiger charge is 2.12. The second-order valence-electron chi connectivity index (χ2n) is 7.51. The zero-order valence-electron chi connectivity index (χ0n) is 18.1. The number of nitrogens with one attached hydrogen (secondary N) is 1. The van der Waals surface area contributed by atoms with E-state index >= 15 is 0 Å². The number of carbonyl (C=O) groups excluding carboxylic acids is 1. The number of benzene rings is 3. The number of halogens is 1. The van der Waals surface area contributed by atoms with Crippen LogP contribution in [-0.4, -0.2) is 26.8 Å². The van der Waals surface area contributed by atoms with Crippen LogP contribution in [0.2, 0.25) is 5.02 Å². The van der Waals surface area contributed by atoms with E-state index in [0.29, 0.717) is 27.7 Å². The van der Waals surface area contributed by atoms with Crippen molar-refractivity contribution in [1.29, 1.82) is 0 Å². The molecule has 1 heterocycles. The molecule has 0 aliphatic heterocycles. The number of aromatic hydroxyl groups is 1. The molecule has 0 saturated carbocycles. The van der Waals surface area contributed by atoms with E-state index in [-0.39, 0.29) is 11.7 Å². The number of carbonyl (C=O) groups is 1. The van der Waals surface area contributed by atoms with E-state index in [2.05, 4.69) is 20.3 Å². The molecule has 2 amide bonds. The predicted octanol–water partition coefficient (Wildman–Crippen LogP) is 6.52. The minimum Gasteiger partial charge on any atom is -0.508 e. The topological polar surface area (TPSA) is 87.5 Å². The summed E-state index contributed by atoms with van der Waals surface area (Å²) in [6.07, 6.45) is 0. The molecule has 7 heteroatoms. The number of urea groups is 1. The number of aromatic nitrogens is 2. The second-order valence-corrected chi connectivity index (χ2v) is 7.95. The lowest BCUT2D eigenvalue weighted by Gasteiger charge is -2.09. The Morgan fingerprint density at radius 3 is 2.12 bits per heavy atom. The highest BCUT2D eigenvalue weighted by atomic mass is 35.5. The van der Waals surface area contributed by atoms with Crippen molar-refractivity contribution in [3.63, 3.8) is 0 Å². The molecule has 0 radical (unpaired) electrons. The van der Waals surface area contributed by atoms with Crippen LogP contribution in [0, 0.1) is 6.92 Å². The first kappa shape index (κ1) is 22.2. The van der Waals surface area contributed by atoms with Gasteiger partial charge < -0.3 is 5.11 Å². The van der Waals surface area contributed by atoms with Gasteiger partial charge >= 0.3 is 6.03 Å². The summed E-state index contributed by atoms with van der Waals surface area (Å²) in [5, 5.41) is 12.9. The van der Waals surface area contributed by atoms with Gasteiger partial charge in [-0.05, 0) is 49.7 Å². The number of hydrogen-bond donors (Lipinski definition) is 2. The quantitative estimate of drug-likeness (QED) is 0.342. The summed E-state index contributed by atoms with van der Waals surface area (Å²) in [6.45, 7) is 3.71. The third-order valence-corrected chi connectivity index (χ3v) is 5.22. The van der Waals surface area contributed by atoms with Crippen molar-refractivity contribution in [2.75, 3.05) is 5.32 Å². The molecule has 0 spiro atoms. The Bertz CT molecular complexity index is 1270. The number of aryl methyl sites for hydroxylation is 1. The minimum atomic E-state index is -0.612. The van der Waals surface area contributed by atoms with Crippen LogP contribution in [-0.2, 0) is 0 Å². The van der Waals surface area contributed by atoms with Crippen molar-refractivity contribution in [2.24, 2.45) is 4.99 Å². The Morgan fingerprint density at radius 2 is 1.52 bits per heavy atom. The van der Waals surface area contributed by atoms with Crippen molar-refractivity contribution in [1.82, 2.24) is 9.97 Å². The van der Waals surface area contributed by atoms with Gasteiger partial charge in [0.25, 0.3) is 0 Å². The van der Waals surface area contributed by atoms with Crippen molar-refractivity contribution in [2.45, 2.75) is 13.8 Å². The number of amides is 2. The molecule has 3 aromatic carbocycles. The van der Waals surface area contributed by atoms with Gasteiger partial charge in [0.15, 0.2) is 0 Å². The number of anilines is 1. The van der Waals surface area contributed by atoms with Crippen molar-refractivity contribution in [3.05, 3.63) is 95.0 Å². The Hall–Kier alpha value is -4.03. The standard InChI is InChI=1S/C26H21ClN4O2/c1-16-6-8-18(9-7-16)23-15-24(19-10-12-21(27)13-11-19)30-25(29-23)31-26(33)28-17(2)20-4-3-5-22(32)14-20/h3-15,32H,1-2H3,(H,29,30,31,33)/b28-17-. The molecule has 1 aromatic heterocycles. The maximum atomic E-state index is 12.6. The smallest absolute Gasteiger partial charge is 0.347 e. The Labute approximate surface area is 196 Å². The van der Waals surface area contributed by atoms with Crippen molar-refractivity contribution >= 4 is 29.3 Å². The molecule has 0 bridgehead atoms.